The van der Waals surface area contributed by atoms with Gasteiger partial charge in [-0.25, -0.2) is 0 Å². The maximum atomic E-state index is 12.8. The Bertz CT molecular complexity index is 1590. The van der Waals surface area contributed by atoms with Crippen molar-refractivity contribution in [3.8, 4) is 28.4 Å². The van der Waals surface area contributed by atoms with Gasteiger partial charge in [0.15, 0.2) is 0 Å². The average molecular weight is 556 g/mol. The third kappa shape index (κ3) is 6.69. The molecule has 0 saturated carbocycles. The molecule has 1 amide bonds. The van der Waals surface area contributed by atoms with Crippen LogP contribution in [0.2, 0.25) is 0 Å². The van der Waals surface area contributed by atoms with Crippen molar-refractivity contribution in [1.29, 1.82) is 0 Å². The van der Waals surface area contributed by atoms with Crippen LogP contribution in [0.15, 0.2) is 121 Å². The summed E-state index contributed by atoms with van der Waals surface area (Å²) in [5.74, 6) is 0.463. The number of benzene rings is 4. The van der Waals surface area contributed by atoms with Gasteiger partial charge < -0.3 is 15.2 Å². The summed E-state index contributed by atoms with van der Waals surface area (Å²) in [6.07, 6.45) is 2.78. The van der Waals surface area contributed by atoms with E-state index in [0.29, 0.717) is 17.1 Å². The Morgan fingerprint density at radius 3 is 2.12 bits per heavy atom. The Hall–Kier alpha value is -4.78. The van der Waals surface area contributed by atoms with Gasteiger partial charge in [0, 0.05) is 11.5 Å². The molecule has 0 fully saturated rings. The highest BCUT2D eigenvalue weighted by Crippen LogP contribution is 2.36. The van der Waals surface area contributed by atoms with Crippen LogP contribution in [0, 0.1) is 0 Å². The standard InChI is InChI=1S/C34H28F3NO3/c1-33(26-5-3-2-4-6-26)19-17-23(18-20-33)21-32(40)38-30-16-15-29(22-31(30)39)41-28-13-9-25(10-14-28)24-7-11-27(12-8-24)34(35,36)37/h2-19,22,39H,20-21H2,1H3,(H,38,40). The fourth-order valence-electron chi connectivity index (χ4n) is 4.70. The van der Waals surface area contributed by atoms with Crippen molar-refractivity contribution in [2.45, 2.75) is 31.4 Å². The Morgan fingerprint density at radius 2 is 1.54 bits per heavy atom. The second-order valence-corrected chi connectivity index (χ2v) is 10.2. The molecule has 0 saturated heterocycles. The third-order valence-corrected chi connectivity index (χ3v) is 7.13. The van der Waals surface area contributed by atoms with Gasteiger partial charge in [0.1, 0.15) is 17.2 Å². The van der Waals surface area contributed by atoms with E-state index in [4.69, 9.17) is 4.74 Å². The first-order chi connectivity index (χ1) is 19.6. The number of hydrogen-bond acceptors (Lipinski definition) is 3. The summed E-state index contributed by atoms with van der Waals surface area (Å²) in [6, 6.07) is 26.6. The monoisotopic (exact) mass is 555 g/mol. The molecule has 2 N–H and O–H groups in total. The lowest BCUT2D eigenvalue weighted by Gasteiger charge is -2.28. The molecule has 0 bridgehead atoms. The second-order valence-electron chi connectivity index (χ2n) is 10.2. The molecular weight excluding hydrogens is 527 g/mol. The van der Waals surface area contributed by atoms with Crippen molar-refractivity contribution in [2.75, 3.05) is 5.32 Å². The van der Waals surface area contributed by atoms with Crippen LogP contribution in [0.4, 0.5) is 18.9 Å². The number of nitrogens with one attached hydrogen (secondary N) is 1. The van der Waals surface area contributed by atoms with Crippen LogP contribution in [-0.2, 0) is 16.4 Å². The van der Waals surface area contributed by atoms with E-state index in [1.54, 1.807) is 36.4 Å². The maximum absolute atomic E-state index is 12.8. The van der Waals surface area contributed by atoms with Gasteiger partial charge in [-0.2, -0.15) is 13.2 Å². The highest BCUT2D eigenvalue weighted by molar-refractivity contribution is 5.94. The van der Waals surface area contributed by atoms with E-state index in [-0.39, 0.29) is 29.2 Å². The molecule has 1 unspecified atom stereocenters. The highest BCUT2D eigenvalue weighted by atomic mass is 19.4. The molecule has 4 aromatic carbocycles. The molecule has 7 heteroatoms. The van der Waals surface area contributed by atoms with E-state index >= 15 is 0 Å². The van der Waals surface area contributed by atoms with E-state index in [9.17, 15) is 23.1 Å². The number of halogens is 3. The van der Waals surface area contributed by atoms with Crippen LogP contribution in [0.3, 0.4) is 0 Å². The number of alkyl halides is 3. The van der Waals surface area contributed by atoms with E-state index in [1.807, 2.05) is 24.3 Å². The number of carbonyl (C=O) groups is 1. The molecule has 208 valence electrons. The fourth-order valence-corrected chi connectivity index (χ4v) is 4.70. The molecule has 5 rings (SSSR count). The van der Waals surface area contributed by atoms with Crippen molar-refractivity contribution in [3.63, 3.8) is 0 Å². The zero-order valence-corrected chi connectivity index (χ0v) is 22.3. The van der Waals surface area contributed by atoms with E-state index < -0.39 is 11.7 Å². The van der Waals surface area contributed by atoms with Crippen LogP contribution >= 0.6 is 0 Å². The molecule has 0 aliphatic heterocycles. The summed E-state index contributed by atoms with van der Waals surface area (Å²) in [7, 11) is 0. The molecule has 0 spiro atoms. The molecule has 0 aromatic heterocycles. The van der Waals surface area contributed by atoms with Gasteiger partial charge in [-0.15, -0.1) is 0 Å². The molecule has 1 aliphatic carbocycles. The first kappa shape index (κ1) is 27.8. The molecule has 4 nitrogen and oxygen atoms in total. The van der Waals surface area contributed by atoms with Crippen LogP contribution in [0.25, 0.3) is 11.1 Å². The molecule has 0 heterocycles. The minimum Gasteiger partial charge on any atom is -0.506 e. The zero-order chi connectivity index (χ0) is 29.0. The van der Waals surface area contributed by atoms with Crippen molar-refractivity contribution < 1.29 is 27.8 Å². The summed E-state index contributed by atoms with van der Waals surface area (Å²) >= 11 is 0. The Balaban J connectivity index is 1.16. The van der Waals surface area contributed by atoms with Crippen molar-refractivity contribution in [2.24, 2.45) is 0 Å². The van der Waals surface area contributed by atoms with Gasteiger partial charge in [0.2, 0.25) is 5.91 Å². The summed E-state index contributed by atoms with van der Waals surface area (Å²) < 4.78 is 44.2. The summed E-state index contributed by atoms with van der Waals surface area (Å²) in [5.41, 5.74) is 2.97. The van der Waals surface area contributed by atoms with Crippen LogP contribution < -0.4 is 10.1 Å². The minimum absolute atomic E-state index is 0.113. The lowest BCUT2D eigenvalue weighted by Crippen LogP contribution is -2.21. The molecule has 1 aliphatic rings. The van der Waals surface area contributed by atoms with Crippen LogP contribution in [-0.4, -0.2) is 11.0 Å². The van der Waals surface area contributed by atoms with Crippen molar-refractivity contribution in [3.05, 3.63) is 132 Å². The molecule has 41 heavy (non-hydrogen) atoms. The number of rotatable bonds is 7. The van der Waals surface area contributed by atoms with Gasteiger partial charge >= 0.3 is 6.18 Å². The van der Waals surface area contributed by atoms with E-state index in [1.165, 1.54) is 23.8 Å². The van der Waals surface area contributed by atoms with Crippen LogP contribution in [0.5, 0.6) is 17.2 Å². The number of phenolic OH excluding ortho intramolecular Hbond substituents is 1. The quantitative estimate of drug-likeness (QED) is 0.224. The first-order valence-corrected chi connectivity index (χ1v) is 13.1. The van der Waals surface area contributed by atoms with Gasteiger partial charge in [0.25, 0.3) is 0 Å². The Kier molecular flexibility index (Phi) is 7.70. The molecule has 4 aromatic rings. The second kappa shape index (κ2) is 11.4. The van der Waals surface area contributed by atoms with Crippen molar-refractivity contribution in [1.82, 2.24) is 0 Å². The number of anilines is 1. The van der Waals surface area contributed by atoms with Gasteiger partial charge in [-0.3, -0.25) is 4.79 Å². The minimum atomic E-state index is -4.38. The normalized spacial score (nSPS) is 16.6. The van der Waals surface area contributed by atoms with E-state index in [0.717, 1.165) is 29.7 Å². The first-order valence-electron chi connectivity index (χ1n) is 13.1. The molecule has 1 atom stereocenters. The summed E-state index contributed by atoms with van der Waals surface area (Å²) in [5, 5.41) is 13.2. The molecule has 0 radical (unpaired) electrons. The average Bonchev–Trinajstić information content (AvgIpc) is 2.96. The summed E-state index contributed by atoms with van der Waals surface area (Å²) in [6.45, 7) is 2.17. The molecular formula is C34H28F3NO3. The lowest BCUT2D eigenvalue weighted by molar-refractivity contribution is -0.137. The fraction of sp³-hybridized carbons (Fsp3) is 0.147. The van der Waals surface area contributed by atoms with Gasteiger partial charge in [-0.05, 0) is 65.1 Å². The predicted molar refractivity (Wildman–Crippen MR) is 154 cm³/mol. The van der Waals surface area contributed by atoms with Gasteiger partial charge in [-0.1, -0.05) is 79.7 Å². The summed E-state index contributed by atoms with van der Waals surface area (Å²) in [4.78, 5) is 12.7. The topological polar surface area (TPSA) is 58.6 Å². The predicted octanol–water partition coefficient (Wildman–Crippen LogP) is 9.04. The van der Waals surface area contributed by atoms with Gasteiger partial charge in [0.05, 0.1) is 17.7 Å². The maximum Gasteiger partial charge on any atom is 0.416 e. The number of aromatic hydroxyl groups is 1. The SMILES string of the molecule is CC1(c2ccccc2)C=CC(CC(=O)Nc2ccc(Oc3ccc(-c4ccc(C(F)(F)F)cc4)cc3)cc2O)=CC1. The number of ether oxygens (including phenoxy) is 1. The highest BCUT2D eigenvalue weighted by Gasteiger charge is 2.30. The number of hydrogen-bond donors (Lipinski definition) is 2. The van der Waals surface area contributed by atoms with Crippen LogP contribution in [0.1, 0.15) is 30.9 Å². The number of carbonyl (C=O) groups excluding carboxylic acids is 1. The number of amides is 1. The Morgan fingerprint density at radius 1 is 0.902 bits per heavy atom. The van der Waals surface area contributed by atoms with E-state index in [2.05, 4.69) is 36.5 Å². The lowest BCUT2D eigenvalue weighted by atomic mass is 9.76. The zero-order valence-electron chi connectivity index (χ0n) is 22.3. The van der Waals surface area contributed by atoms with Crippen molar-refractivity contribution >= 4 is 11.6 Å². The smallest absolute Gasteiger partial charge is 0.416 e. The largest absolute Gasteiger partial charge is 0.506 e. The number of phenols is 1. The third-order valence-electron chi connectivity index (χ3n) is 7.13. The Labute approximate surface area is 236 Å². The number of allylic oxidation sites excluding steroid dienone is 3.